The van der Waals surface area contributed by atoms with E-state index in [1.165, 1.54) is 11.1 Å². The lowest BCUT2D eigenvalue weighted by molar-refractivity contribution is 0.116. The summed E-state index contributed by atoms with van der Waals surface area (Å²) in [7, 11) is 0. The molecule has 1 aliphatic rings. The molecule has 0 fully saturated rings. The van der Waals surface area contributed by atoms with Crippen LogP contribution in [0, 0.1) is 0 Å². The van der Waals surface area contributed by atoms with Crippen LogP contribution in [0.15, 0.2) is 24.3 Å². The van der Waals surface area contributed by atoms with E-state index in [9.17, 15) is 0 Å². The van der Waals surface area contributed by atoms with Gasteiger partial charge < -0.3 is 4.74 Å². The Labute approximate surface area is 91.8 Å². The second-order valence-corrected chi connectivity index (χ2v) is 4.72. The van der Waals surface area contributed by atoms with Gasteiger partial charge in [0.2, 0.25) is 0 Å². The van der Waals surface area contributed by atoms with Crippen LogP contribution in [0.2, 0.25) is 0 Å². The van der Waals surface area contributed by atoms with E-state index < -0.39 is 0 Å². The van der Waals surface area contributed by atoms with Gasteiger partial charge in [0, 0.05) is 11.5 Å². The fourth-order valence-corrected chi connectivity index (χ4v) is 2.04. The molecule has 0 saturated carbocycles. The number of ether oxygens (including phenoxy) is 1. The number of hydrogen-bond donors (Lipinski definition) is 0. The van der Waals surface area contributed by atoms with E-state index in [0.717, 1.165) is 5.75 Å². The van der Waals surface area contributed by atoms with Crippen LogP contribution >= 0.6 is 0 Å². The summed E-state index contributed by atoms with van der Waals surface area (Å²) in [5.41, 5.74) is 2.51. The molecule has 80 valence electrons. The number of hydrogen-bond acceptors (Lipinski definition) is 1. The Bertz CT molecular complexity index is 402. The summed E-state index contributed by atoms with van der Waals surface area (Å²) in [5, 5.41) is 0. The van der Waals surface area contributed by atoms with E-state index >= 15 is 0 Å². The molecule has 1 atom stereocenters. The Kier molecular flexibility index (Phi) is 2.34. The second-order valence-electron chi connectivity index (χ2n) is 4.72. The van der Waals surface area contributed by atoms with Crippen molar-refractivity contribution in [3.63, 3.8) is 0 Å². The number of benzene rings is 1. The summed E-state index contributed by atoms with van der Waals surface area (Å²) >= 11 is 0. The number of rotatable bonds is 1. The minimum atomic E-state index is -0.0725. The monoisotopic (exact) mass is 202 g/mol. The zero-order valence-corrected chi connectivity index (χ0v) is 9.87. The van der Waals surface area contributed by atoms with Crippen molar-refractivity contribution in [3.8, 4) is 5.75 Å². The highest BCUT2D eigenvalue weighted by atomic mass is 16.5. The highest BCUT2D eigenvalue weighted by Gasteiger charge is 2.37. The molecular weight excluding hydrogens is 184 g/mol. The topological polar surface area (TPSA) is 9.23 Å². The summed E-state index contributed by atoms with van der Waals surface area (Å²) < 4.78 is 5.92. The van der Waals surface area contributed by atoms with Crippen LogP contribution in [0.25, 0.3) is 6.08 Å². The number of allylic oxidation sites excluding steroid dienone is 1. The van der Waals surface area contributed by atoms with Gasteiger partial charge in [0.25, 0.3) is 0 Å². The Balaban J connectivity index is 2.44. The lowest BCUT2D eigenvalue weighted by atomic mass is 9.88. The molecule has 0 spiro atoms. The van der Waals surface area contributed by atoms with Gasteiger partial charge in [-0.2, -0.15) is 0 Å². The quantitative estimate of drug-likeness (QED) is 0.669. The standard InChI is InChI=1S/C14H18O/c1-5-6-11-7-8-13-12(9-11)10(2)14(3,4)15-13/h5-10H,1-4H3/b6-5-. The van der Waals surface area contributed by atoms with Gasteiger partial charge in [0.15, 0.2) is 0 Å². The van der Waals surface area contributed by atoms with Gasteiger partial charge in [-0.15, -0.1) is 0 Å². The maximum Gasteiger partial charge on any atom is 0.123 e. The number of fused-ring (bicyclic) bond motifs is 1. The van der Waals surface area contributed by atoms with Crippen LogP contribution in [-0.2, 0) is 0 Å². The van der Waals surface area contributed by atoms with Crippen LogP contribution in [0.5, 0.6) is 5.75 Å². The normalized spacial score (nSPS) is 22.8. The van der Waals surface area contributed by atoms with E-state index in [1.807, 2.05) is 6.92 Å². The molecule has 1 heteroatoms. The van der Waals surface area contributed by atoms with Crippen molar-refractivity contribution in [2.45, 2.75) is 39.2 Å². The third-order valence-electron chi connectivity index (χ3n) is 3.28. The molecule has 1 nitrogen and oxygen atoms in total. The largest absolute Gasteiger partial charge is 0.487 e. The van der Waals surface area contributed by atoms with Crippen molar-refractivity contribution in [1.29, 1.82) is 0 Å². The molecule has 1 aliphatic heterocycles. The van der Waals surface area contributed by atoms with Crippen LogP contribution < -0.4 is 4.74 Å². The smallest absolute Gasteiger partial charge is 0.123 e. The summed E-state index contributed by atoms with van der Waals surface area (Å²) in [6.07, 6.45) is 4.19. The highest BCUT2D eigenvalue weighted by molar-refractivity contribution is 5.55. The summed E-state index contributed by atoms with van der Waals surface area (Å²) in [6, 6.07) is 6.41. The van der Waals surface area contributed by atoms with Crippen molar-refractivity contribution in [1.82, 2.24) is 0 Å². The lowest BCUT2D eigenvalue weighted by Gasteiger charge is -2.22. The van der Waals surface area contributed by atoms with E-state index in [0.29, 0.717) is 5.92 Å². The van der Waals surface area contributed by atoms with E-state index in [2.05, 4.69) is 51.1 Å². The molecule has 1 aromatic rings. The van der Waals surface area contributed by atoms with Gasteiger partial charge >= 0.3 is 0 Å². The van der Waals surface area contributed by atoms with Crippen molar-refractivity contribution in [2.24, 2.45) is 0 Å². The Morgan fingerprint density at radius 1 is 1.33 bits per heavy atom. The first-order valence-corrected chi connectivity index (χ1v) is 5.50. The summed E-state index contributed by atoms with van der Waals surface area (Å²) in [4.78, 5) is 0. The molecule has 0 N–H and O–H groups in total. The minimum Gasteiger partial charge on any atom is -0.487 e. The van der Waals surface area contributed by atoms with Crippen LogP contribution in [-0.4, -0.2) is 5.60 Å². The van der Waals surface area contributed by atoms with Crippen molar-refractivity contribution >= 4 is 6.08 Å². The third-order valence-corrected chi connectivity index (χ3v) is 3.28. The van der Waals surface area contributed by atoms with E-state index in [4.69, 9.17) is 4.74 Å². The first-order valence-electron chi connectivity index (χ1n) is 5.50. The van der Waals surface area contributed by atoms with E-state index in [-0.39, 0.29) is 5.60 Å². The molecule has 15 heavy (non-hydrogen) atoms. The molecule has 1 heterocycles. The van der Waals surface area contributed by atoms with Crippen molar-refractivity contribution in [2.75, 3.05) is 0 Å². The molecular formula is C14H18O. The van der Waals surface area contributed by atoms with Crippen LogP contribution in [0.3, 0.4) is 0 Å². The lowest BCUT2D eigenvalue weighted by Crippen LogP contribution is -2.28. The Morgan fingerprint density at radius 2 is 2.07 bits per heavy atom. The van der Waals surface area contributed by atoms with Gasteiger partial charge in [0.1, 0.15) is 11.4 Å². The molecule has 0 radical (unpaired) electrons. The fraction of sp³-hybridized carbons (Fsp3) is 0.429. The zero-order valence-electron chi connectivity index (χ0n) is 9.87. The summed E-state index contributed by atoms with van der Waals surface area (Å²) in [5.74, 6) is 1.50. The van der Waals surface area contributed by atoms with E-state index in [1.54, 1.807) is 0 Å². The average molecular weight is 202 g/mol. The third kappa shape index (κ3) is 1.67. The average Bonchev–Trinajstić information content (AvgIpc) is 2.40. The SMILES string of the molecule is C/C=C\c1ccc2c(c1)C(C)C(C)(C)O2. The second kappa shape index (κ2) is 3.41. The Hall–Kier alpha value is -1.24. The molecule has 2 rings (SSSR count). The molecule has 1 unspecified atom stereocenters. The highest BCUT2D eigenvalue weighted by Crippen LogP contribution is 2.44. The van der Waals surface area contributed by atoms with Gasteiger partial charge in [-0.3, -0.25) is 0 Å². The van der Waals surface area contributed by atoms with Crippen molar-refractivity contribution in [3.05, 3.63) is 35.4 Å². The van der Waals surface area contributed by atoms with Gasteiger partial charge in [0.05, 0.1) is 0 Å². The maximum atomic E-state index is 5.92. The van der Waals surface area contributed by atoms with Gasteiger partial charge in [-0.1, -0.05) is 25.1 Å². The summed E-state index contributed by atoms with van der Waals surface area (Å²) in [6.45, 7) is 8.56. The maximum absolute atomic E-state index is 5.92. The Morgan fingerprint density at radius 3 is 2.73 bits per heavy atom. The van der Waals surface area contributed by atoms with Crippen LogP contribution in [0.1, 0.15) is 44.7 Å². The van der Waals surface area contributed by atoms with Crippen molar-refractivity contribution < 1.29 is 4.74 Å². The predicted molar refractivity (Wildman–Crippen MR) is 64.3 cm³/mol. The fourth-order valence-electron chi connectivity index (χ4n) is 2.04. The molecule has 0 aromatic heterocycles. The molecule has 0 amide bonds. The van der Waals surface area contributed by atoms with Crippen LogP contribution in [0.4, 0.5) is 0 Å². The molecule has 0 saturated heterocycles. The molecule has 0 bridgehead atoms. The zero-order chi connectivity index (χ0) is 11.1. The predicted octanol–water partition coefficient (Wildman–Crippen LogP) is 3.99. The van der Waals surface area contributed by atoms with Gasteiger partial charge in [-0.05, 0) is 38.5 Å². The first kappa shape index (κ1) is 10.3. The molecule has 0 aliphatic carbocycles. The molecule has 1 aromatic carbocycles. The minimum absolute atomic E-state index is 0.0725. The first-order chi connectivity index (χ1) is 7.04. The van der Waals surface area contributed by atoms with Gasteiger partial charge in [-0.25, -0.2) is 0 Å².